The molecule has 0 unspecified atom stereocenters. The largest absolute Gasteiger partial charge is 0.310 e. The van der Waals surface area contributed by atoms with Gasteiger partial charge in [-0.3, -0.25) is 0 Å². The molecule has 5 nitrogen and oxygen atoms in total. The van der Waals surface area contributed by atoms with E-state index >= 15 is 0 Å². The normalized spacial score (nSPS) is 11.7. The maximum absolute atomic E-state index is 5.10. The summed E-state index contributed by atoms with van der Waals surface area (Å²) in [5.41, 5.74) is 9.32. The van der Waals surface area contributed by atoms with E-state index in [9.17, 15) is 0 Å². The van der Waals surface area contributed by atoms with Gasteiger partial charge < -0.3 is 4.90 Å². The number of rotatable bonds is 6. The second-order valence-corrected chi connectivity index (χ2v) is 16.7. The lowest BCUT2D eigenvalue weighted by atomic mass is 9.96. The maximum atomic E-state index is 5.10. The molecule has 13 rings (SSSR count). The lowest BCUT2D eigenvalue weighted by Crippen LogP contribution is -2.10. The lowest BCUT2D eigenvalue weighted by molar-refractivity contribution is 1.22. The van der Waals surface area contributed by atoms with Crippen molar-refractivity contribution in [3.8, 4) is 33.9 Å². The molecule has 13 aromatic rings. The molecule has 0 N–H and O–H groups in total. The molecule has 0 spiro atoms. The fraction of sp³-hybridized carbons (Fsp3) is 0. The summed E-state index contributed by atoms with van der Waals surface area (Å²) >= 11 is 0. The molecule has 0 fully saturated rings. The number of fused-ring (bicyclic) bond motifs is 10. The molecular weight excluding hydrogens is 791 g/mol. The zero-order valence-electron chi connectivity index (χ0n) is 35.1. The summed E-state index contributed by atoms with van der Waals surface area (Å²) < 4.78 is 0. The van der Waals surface area contributed by atoms with Gasteiger partial charge >= 0.3 is 0 Å². The van der Waals surface area contributed by atoms with Crippen molar-refractivity contribution in [2.45, 2.75) is 0 Å². The van der Waals surface area contributed by atoms with Crippen molar-refractivity contribution in [1.29, 1.82) is 0 Å². The summed E-state index contributed by atoms with van der Waals surface area (Å²) in [5.74, 6) is 1.39. The van der Waals surface area contributed by atoms with Crippen molar-refractivity contribution < 1.29 is 0 Å². The Kier molecular flexibility index (Phi) is 8.46. The Bertz CT molecular complexity index is 3850. The van der Waals surface area contributed by atoms with Crippen LogP contribution in [0, 0.1) is 0 Å². The molecule has 11 aromatic carbocycles. The van der Waals surface area contributed by atoms with Crippen LogP contribution in [0.3, 0.4) is 0 Å². The van der Waals surface area contributed by atoms with Gasteiger partial charge in [0.25, 0.3) is 0 Å². The fourth-order valence-electron chi connectivity index (χ4n) is 9.52. The average Bonchev–Trinajstić information content (AvgIpc) is 3.38. The van der Waals surface area contributed by atoms with Crippen LogP contribution in [-0.4, -0.2) is 19.9 Å². The second-order valence-electron chi connectivity index (χ2n) is 16.7. The van der Waals surface area contributed by atoms with E-state index in [2.05, 4.69) is 217 Å². The van der Waals surface area contributed by atoms with Crippen molar-refractivity contribution in [2.24, 2.45) is 0 Å². The predicted octanol–water partition coefficient (Wildman–Crippen LogP) is 15.8. The van der Waals surface area contributed by atoms with Gasteiger partial charge in [-0.25, -0.2) is 19.9 Å². The van der Waals surface area contributed by atoms with Gasteiger partial charge in [0.05, 0.1) is 11.0 Å². The molecule has 0 aliphatic rings. The van der Waals surface area contributed by atoms with E-state index in [0.717, 1.165) is 71.5 Å². The van der Waals surface area contributed by atoms with Crippen LogP contribution in [0.4, 0.5) is 17.1 Å². The Labute approximate surface area is 374 Å². The summed E-state index contributed by atoms with van der Waals surface area (Å²) in [6.07, 6.45) is 3.85. The first kappa shape index (κ1) is 36.8. The van der Waals surface area contributed by atoms with Crippen LogP contribution in [0.2, 0.25) is 0 Å². The van der Waals surface area contributed by atoms with Gasteiger partial charge in [-0.2, -0.15) is 0 Å². The Morgan fingerprint density at radius 2 is 0.662 bits per heavy atom. The molecule has 5 heteroatoms. The van der Waals surface area contributed by atoms with Gasteiger partial charge in [-0.1, -0.05) is 140 Å². The first-order valence-corrected chi connectivity index (χ1v) is 21.9. The van der Waals surface area contributed by atoms with E-state index in [0.29, 0.717) is 11.6 Å². The third kappa shape index (κ3) is 6.40. The van der Waals surface area contributed by atoms with Crippen LogP contribution >= 0.6 is 0 Å². The second kappa shape index (κ2) is 14.9. The third-order valence-corrected chi connectivity index (χ3v) is 12.9. The summed E-state index contributed by atoms with van der Waals surface area (Å²) in [6.45, 7) is 0. The topological polar surface area (TPSA) is 54.8 Å². The molecule has 0 saturated carbocycles. The number of anilines is 3. The molecule has 0 radical (unpaired) electrons. The van der Waals surface area contributed by atoms with E-state index in [4.69, 9.17) is 19.9 Å². The van der Waals surface area contributed by atoms with Crippen LogP contribution < -0.4 is 4.90 Å². The smallest absolute Gasteiger partial charge is 0.159 e. The van der Waals surface area contributed by atoms with Crippen LogP contribution in [0.1, 0.15) is 0 Å². The number of hydrogen-bond donors (Lipinski definition) is 0. The van der Waals surface area contributed by atoms with Gasteiger partial charge in [-0.15, -0.1) is 0 Å². The van der Waals surface area contributed by atoms with Crippen molar-refractivity contribution in [1.82, 2.24) is 19.9 Å². The highest BCUT2D eigenvalue weighted by atomic mass is 15.1. The van der Waals surface area contributed by atoms with Crippen LogP contribution in [0.25, 0.3) is 110 Å². The van der Waals surface area contributed by atoms with Crippen LogP contribution in [0.15, 0.2) is 225 Å². The van der Waals surface area contributed by atoms with E-state index in [1.165, 1.54) is 43.4 Å². The summed E-state index contributed by atoms with van der Waals surface area (Å²) in [5, 5.41) is 13.9. The first-order valence-electron chi connectivity index (χ1n) is 21.9. The minimum Gasteiger partial charge on any atom is -0.310 e. The Morgan fingerprint density at radius 3 is 1.25 bits per heavy atom. The quantitative estimate of drug-likeness (QED) is 0.156. The molecular formula is C60H37N5. The highest BCUT2D eigenvalue weighted by molar-refractivity contribution is 6.10. The highest BCUT2D eigenvalue weighted by Crippen LogP contribution is 2.40. The van der Waals surface area contributed by atoms with E-state index < -0.39 is 0 Å². The zero-order chi connectivity index (χ0) is 42.8. The molecule has 0 aliphatic carbocycles. The molecule has 0 aliphatic heterocycles. The Hall–Kier alpha value is -8.80. The molecule has 0 amide bonds. The minimum absolute atomic E-state index is 0.695. The highest BCUT2D eigenvalue weighted by Gasteiger charge is 2.17. The summed E-state index contributed by atoms with van der Waals surface area (Å²) in [7, 11) is 0. The van der Waals surface area contributed by atoms with E-state index in [-0.39, 0.29) is 0 Å². The SMILES string of the molecule is c1ccc2cc(-c3ccc4c(ccc5cc(N(c6ccc(-c7ncc8ccc9ccccc9c8n7)cc6)c6ccc(-c7ncc8ccc9ccccc9c8n7)cc6)ccc54)c3)ccc2c1. The Balaban J connectivity index is 0.895. The van der Waals surface area contributed by atoms with Crippen molar-refractivity contribution in [2.75, 3.05) is 4.90 Å². The van der Waals surface area contributed by atoms with Gasteiger partial charge in [0.15, 0.2) is 11.6 Å². The molecule has 65 heavy (non-hydrogen) atoms. The predicted molar refractivity (Wildman–Crippen MR) is 271 cm³/mol. The van der Waals surface area contributed by atoms with Gasteiger partial charge in [-0.05, 0) is 127 Å². The number of benzene rings is 11. The molecule has 0 saturated heterocycles. The number of aromatic nitrogens is 4. The molecule has 0 atom stereocenters. The van der Waals surface area contributed by atoms with Crippen LogP contribution in [0.5, 0.6) is 0 Å². The number of hydrogen-bond acceptors (Lipinski definition) is 5. The molecule has 2 aromatic heterocycles. The molecule has 0 bridgehead atoms. The van der Waals surface area contributed by atoms with Crippen molar-refractivity contribution in [3.05, 3.63) is 225 Å². The minimum atomic E-state index is 0.695. The summed E-state index contributed by atoms with van der Waals surface area (Å²) in [4.78, 5) is 22.1. The molecule has 302 valence electrons. The third-order valence-electron chi connectivity index (χ3n) is 12.9. The van der Waals surface area contributed by atoms with Gasteiger partial charge in [0.2, 0.25) is 0 Å². The fourth-order valence-corrected chi connectivity index (χ4v) is 9.52. The van der Waals surface area contributed by atoms with Gasteiger partial charge in [0, 0.05) is 62.1 Å². The zero-order valence-corrected chi connectivity index (χ0v) is 35.1. The Morgan fingerprint density at radius 1 is 0.262 bits per heavy atom. The van der Waals surface area contributed by atoms with Gasteiger partial charge in [0.1, 0.15) is 0 Å². The summed E-state index contributed by atoms with van der Waals surface area (Å²) in [6, 6.07) is 75.7. The molecule has 2 heterocycles. The average molecular weight is 828 g/mol. The standard InChI is InChI=1S/C60H37N5/c1-2-10-43-33-44(16-13-38(43)7-1)45-25-31-53-46(34-45)17-18-47-35-52(30-32-54(47)53)65(50-26-21-41(22-27-50)59-61-36-48-19-14-39-8-3-5-11-55(39)57(48)63-59)51-28-23-42(24-29-51)60-62-37-49-20-15-40-9-4-6-12-56(40)58(49)64-60/h1-37H. The van der Waals surface area contributed by atoms with Crippen molar-refractivity contribution in [3.63, 3.8) is 0 Å². The van der Waals surface area contributed by atoms with Crippen LogP contribution in [-0.2, 0) is 0 Å². The first-order chi connectivity index (χ1) is 32.2. The monoisotopic (exact) mass is 827 g/mol. The maximum Gasteiger partial charge on any atom is 0.159 e. The van der Waals surface area contributed by atoms with E-state index in [1.807, 2.05) is 12.4 Å². The lowest BCUT2D eigenvalue weighted by Gasteiger charge is -2.26. The van der Waals surface area contributed by atoms with Crippen molar-refractivity contribution >= 4 is 92.7 Å². The van der Waals surface area contributed by atoms with E-state index in [1.54, 1.807) is 0 Å². The number of nitrogens with zero attached hydrogens (tertiary/aromatic N) is 5.